The van der Waals surface area contributed by atoms with E-state index in [0.29, 0.717) is 0 Å². The Balaban J connectivity index is 2.07. The maximum absolute atomic E-state index is 12.3. The molecule has 0 bridgehead atoms. The van der Waals surface area contributed by atoms with Crippen LogP contribution in [-0.2, 0) is 11.2 Å². The van der Waals surface area contributed by atoms with Gasteiger partial charge in [0.1, 0.15) is 5.75 Å². The highest BCUT2D eigenvalue weighted by atomic mass is 35.5. The molecule has 1 aromatic heterocycles. The van der Waals surface area contributed by atoms with Gasteiger partial charge in [-0.1, -0.05) is 17.7 Å². The van der Waals surface area contributed by atoms with Crippen molar-refractivity contribution in [2.45, 2.75) is 19.4 Å². The number of halogens is 1. The molecule has 0 saturated carbocycles. The van der Waals surface area contributed by atoms with Crippen molar-refractivity contribution in [3.05, 3.63) is 58.9 Å². The summed E-state index contributed by atoms with van der Waals surface area (Å²) in [5.74, 6) is 0.00689. The van der Waals surface area contributed by atoms with Crippen molar-refractivity contribution in [3.8, 4) is 5.75 Å². The fraction of sp³-hybridized carbons (Fsp3) is 0.250. The van der Waals surface area contributed by atoms with Gasteiger partial charge in [0.05, 0.1) is 17.5 Å². The average molecular weight is 305 g/mol. The number of phenols is 1. The van der Waals surface area contributed by atoms with Gasteiger partial charge in [-0.25, -0.2) is 0 Å². The standard InChI is InChI=1S/C16H17ClN2O2/c1-11(13-5-7-18-8-6-13)19(2)16(21)10-12-3-4-15(20)14(17)9-12/h3-9,11,20H,10H2,1-2H3. The molecule has 0 aliphatic heterocycles. The van der Waals surface area contributed by atoms with Crippen LogP contribution in [-0.4, -0.2) is 27.9 Å². The molecule has 1 unspecified atom stereocenters. The van der Waals surface area contributed by atoms with E-state index in [1.165, 1.54) is 6.07 Å². The van der Waals surface area contributed by atoms with Gasteiger partial charge in [-0.3, -0.25) is 9.78 Å². The molecule has 5 heteroatoms. The minimum atomic E-state index is -0.0342. The van der Waals surface area contributed by atoms with Crippen LogP contribution in [0.3, 0.4) is 0 Å². The quantitative estimate of drug-likeness (QED) is 0.943. The van der Waals surface area contributed by atoms with E-state index in [-0.39, 0.29) is 29.1 Å². The van der Waals surface area contributed by atoms with E-state index in [1.54, 1.807) is 36.5 Å². The second-order valence-corrected chi connectivity index (χ2v) is 5.33. The number of carbonyl (C=O) groups excluding carboxylic acids is 1. The lowest BCUT2D eigenvalue weighted by Crippen LogP contribution is -2.30. The van der Waals surface area contributed by atoms with Crippen molar-refractivity contribution in [1.29, 1.82) is 0 Å². The van der Waals surface area contributed by atoms with Crippen LogP contribution in [0.2, 0.25) is 5.02 Å². The van der Waals surface area contributed by atoms with E-state index >= 15 is 0 Å². The van der Waals surface area contributed by atoms with Gasteiger partial charge in [0.15, 0.2) is 0 Å². The molecule has 2 aromatic rings. The van der Waals surface area contributed by atoms with Crippen molar-refractivity contribution >= 4 is 17.5 Å². The van der Waals surface area contributed by atoms with Crippen molar-refractivity contribution in [2.75, 3.05) is 7.05 Å². The number of hydrogen-bond acceptors (Lipinski definition) is 3. The Kier molecular flexibility index (Phi) is 4.81. The molecular weight excluding hydrogens is 288 g/mol. The van der Waals surface area contributed by atoms with Gasteiger partial charge in [0.25, 0.3) is 0 Å². The zero-order valence-electron chi connectivity index (χ0n) is 12.0. The SMILES string of the molecule is CC(c1ccncc1)N(C)C(=O)Cc1ccc(O)c(Cl)c1. The molecule has 1 atom stereocenters. The van der Waals surface area contributed by atoms with E-state index in [9.17, 15) is 9.90 Å². The fourth-order valence-corrected chi connectivity index (χ4v) is 2.24. The first-order valence-corrected chi connectivity index (χ1v) is 7.00. The molecule has 1 N–H and O–H groups in total. The minimum Gasteiger partial charge on any atom is -0.506 e. The van der Waals surface area contributed by atoms with Gasteiger partial charge in [-0.15, -0.1) is 0 Å². The summed E-state index contributed by atoms with van der Waals surface area (Å²) in [6.07, 6.45) is 3.67. The lowest BCUT2D eigenvalue weighted by atomic mass is 10.1. The number of hydrogen-bond donors (Lipinski definition) is 1. The number of benzene rings is 1. The van der Waals surface area contributed by atoms with Crippen molar-refractivity contribution in [3.63, 3.8) is 0 Å². The summed E-state index contributed by atoms with van der Waals surface area (Å²) in [7, 11) is 1.77. The predicted molar refractivity (Wildman–Crippen MR) is 82.2 cm³/mol. The first kappa shape index (κ1) is 15.3. The third-order valence-electron chi connectivity index (χ3n) is 3.53. The van der Waals surface area contributed by atoms with Crippen LogP contribution in [0.1, 0.15) is 24.1 Å². The summed E-state index contributed by atoms with van der Waals surface area (Å²) in [6.45, 7) is 1.97. The lowest BCUT2D eigenvalue weighted by molar-refractivity contribution is -0.131. The Labute approximate surface area is 129 Å². The molecule has 0 fully saturated rings. The van der Waals surface area contributed by atoms with Crippen LogP contribution in [0.25, 0.3) is 0 Å². The highest BCUT2D eigenvalue weighted by molar-refractivity contribution is 6.32. The van der Waals surface area contributed by atoms with Crippen molar-refractivity contribution < 1.29 is 9.90 Å². The maximum Gasteiger partial charge on any atom is 0.227 e. The second-order valence-electron chi connectivity index (χ2n) is 4.92. The number of aromatic nitrogens is 1. The first-order chi connectivity index (χ1) is 9.99. The minimum absolute atomic E-state index is 0.0129. The molecule has 1 amide bonds. The highest BCUT2D eigenvalue weighted by Crippen LogP contribution is 2.25. The Morgan fingerprint density at radius 2 is 2.00 bits per heavy atom. The number of amides is 1. The van der Waals surface area contributed by atoms with Gasteiger partial charge in [0, 0.05) is 19.4 Å². The number of nitrogens with zero attached hydrogens (tertiary/aromatic N) is 2. The molecule has 1 aromatic carbocycles. The summed E-state index contributed by atoms with van der Waals surface area (Å²) >= 11 is 5.85. The number of aromatic hydroxyl groups is 1. The largest absolute Gasteiger partial charge is 0.506 e. The van der Waals surface area contributed by atoms with E-state index in [1.807, 2.05) is 19.1 Å². The Hall–Kier alpha value is -2.07. The summed E-state index contributed by atoms with van der Waals surface area (Å²) in [5, 5.41) is 9.65. The zero-order valence-corrected chi connectivity index (χ0v) is 12.7. The van der Waals surface area contributed by atoms with Crippen LogP contribution in [0.4, 0.5) is 0 Å². The summed E-state index contributed by atoms with van der Waals surface area (Å²) in [6, 6.07) is 8.56. The van der Waals surface area contributed by atoms with Crippen LogP contribution < -0.4 is 0 Å². The average Bonchev–Trinajstić information content (AvgIpc) is 2.50. The number of rotatable bonds is 4. The van der Waals surface area contributed by atoms with Crippen LogP contribution >= 0.6 is 11.6 Å². The number of pyridine rings is 1. The number of likely N-dealkylation sites (N-methyl/N-ethyl adjacent to an activating group) is 1. The molecule has 0 spiro atoms. The van der Waals surface area contributed by atoms with E-state index in [4.69, 9.17) is 11.6 Å². The van der Waals surface area contributed by atoms with Crippen LogP contribution in [0.5, 0.6) is 5.75 Å². The smallest absolute Gasteiger partial charge is 0.227 e. The maximum atomic E-state index is 12.3. The van der Waals surface area contributed by atoms with Gasteiger partial charge in [-0.05, 0) is 42.3 Å². The number of carbonyl (C=O) groups is 1. The predicted octanol–water partition coefficient (Wildman–Crippen LogP) is 3.20. The molecule has 4 nitrogen and oxygen atoms in total. The summed E-state index contributed by atoms with van der Waals surface area (Å²) in [4.78, 5) is 18.0. The fourth-order valence-electron chi connectivity index (χ4n) is 2.04. The molecule has 0 saturated heterocycles. The monoisotopic (exact) mass is 304 g/mol. The Morgan fingerprint density at radius 3 is 2.62 bits per heavy atom. The molecule has 1 heterocycles. The third kappa shape index (κ3) is 3.73. The zero-order chi connectivity index (χ0) is 15.4. The van der Waals surface area contributed by atoms with Gasteiger partial charge < -0.3 is 10.0 Å². The van der Waals surface area contributed by atoms with E-state index in [2.05, 4.69) is 4.98 Å². The molecule has 2 rings (SSSR count). The third-order valence-corrected chi connectivity index (χ3v) is 3.83. The number of phenolic OH excluding ortho intramolecular Hbond substituents is 1. The molecule has 0 aliphatic rings. The van der Waals surface area contributed by atoms with E-state index < -0.39 is 0 Å². The summed E-state index contributed by atoms with van der Waals surface area (Å²) in [5.41, 5.74) is 1.81. The molecule has 21 heavy (non-hydrogen) atoms. The van der Waals surface area contributed by atoms with Gasteiger partial charge >= 0.3 is 0 Å². The van der Waals surface area contributed by atoms with Gasteiger partial charge in [0.2, 0.25) is 5.91 Å². The lowest BCUT2D eigenvalue weighted by Gasteiger charge is -2.25. The molecule has 0 aliphatic carbocycles. The van der Waals surface area contributed by atoms with E-state index in [0.717, 1.165) is 11.1 Å². The van der Waals surface area contributed by atoms with Crippen LogP contribution in [0, 0.1) is 0 Å². The Bertz CT molecular complexity index is 631. The highest BCUT2D eigenvalue weighted by Gasteiger charge is 2.17. The Morgan fingerprint density at radius 1 is 1.33 bits per heavy atom. The topological polar surface area (TPSA) is 53.4 Å². The molecular formula is C16H17ClN2O2. The van der Waals surface area contributed by atoms with Crippen molar-refractivity contribution in [1.82, 2.24) is 9.88 Å². The van der Waals surface area contributed by atoms with Crippen molar-refractivity contribution in [2.24, 2.45) is 0 Å². The first-order valence-electron chi connectivity index (χ1n) is 6.62. The molecule has 0 radical (unpaired) electrons. The normalized spacial score (nSPS) is 12.0. The summed E-state index contributed by atoms with van der Waals surface area (Å²) < 4.78 is 0. The van der Waals surface area contributed by atoms with Gasteiger partial charge in [-0.2, -0.15) is 0 Å². The molecule has 110 valence electrons. The second kappa shape index (κ2) is 6.59. The van der Waals surface area contributed by atoms with Crippen LogP contribution in [0.15, 0.2) is 42.7 Å².